The van der Waals surface area contributed by atoms with E-state index in [1.54, 1.807) is 39.6 Å². The Labute approximate surface area is 172 Å². The number of carboxylic acid groups (broad SMARTS) is 1. The highest BCUT2D eigenvalue weighted by Crippen LogP contribution is 2.25. The molecule has 2 aromatic heterocycles. The maximum Gasteiger partial charge on any atom is 0.335 e. The molecular formula is C23H20N4O3. The Morgan fingerprint density at radius 2 is 1.73 bits per heavy atom. The number of aromatic carboxylic acids is 1. The summed E-state index contributed by atoms with van der Waals surface area (Å²) in [6.07, 6.45) is 2.62. The van der Waals surface area contributed by atoms with E-state index in [1.807, 2.05) is 36.4 Å². The highest BCUT2D eigenvalue weighted by atomic mass is 16.4. The first-order valence-electron chi connectivity index (χ1n) is 9.86. The van der Waals surface area contributed by atoms with Crippen LogP contribution in [0.1, 0.15) is 22.8 Å². The number of imidazole rings is 1. The van der Waals surface area contributed by atoms with Crippen molar-refractivity contribution in [1.29, 1.82) is 0 Å². The molecule has 1 saturated heterocycles. The Bertz CT molecular complexity index is 1280. The number of pyridine rings is 1. The van der Waals surface area contributed by atoms with Gasteiger partial charge in [-0.1, -0.05) is 24.3 Å². The molecule has 1 atom stereocenters. The molecule has 1 fully saturated rings. The van der Waals surface area contributed by atoms with Gasteiger partial charge in [-0.15, -0.1) is 0 Å². The van der Waals surface area contributed by atoms with Crippen LogP contribution in [0.25, 0.3) is 28.0 Å². The molecule has 0 saturated carbocycles. The number of hydrogen-bond donors (Lipinski definition) is 2. The summed E-state index contributed by atoms with van der Waals surface area (Å²) in [5.41, 5.74) is 4.29. The first-order chi connectivity index (χ1) is 14.6. The van der Waals surface area contributed by atoms with Crippen LogP contribution in [0.2, 0.25) is 0 Å². The van der Waals surface area contributed by atoms with Crippen LogP contribution >= 0.6 is 0 Å². The Kier molecular flexibility index (Phi) is 4.44. The molecule has 0 amide bonds. The molecule has 0 radical (unpaired) electrons. The average Bonchev–Trinajstić information content (AvgIpc) is 3.39. The lowest BCUT2D eigenvalue weighted by atomic mass is 10.0. The van der Waals surface area contributed by atoms with Crippen LogP contribution in [0, 0.1) is 0 Å². The van der Waals surface area contributed by atoms with Crippen molar-refractivity contribution in [3.05, 3.63) is 82.9 Å². The molecule has 0 aliphatic carbocycles. The molecule has 2 aromatic carbocycles. The van der Waals surface area contributed by atoms with E-state index in [2.05, 4.69) is 10.3 Å². The smallest absolute Gasteiger partial charge is 0.335 e. The Morgan fingerprint density at radius 1 is 1.03 bits per heavy atom. The number of carboxylic acids is 1. The molecule has 1 unspecified atom stereocenters. The zero-order valence-corrected chi connectivity index (χ0v) is 16.2. The number of rotatable bonds is 4. The van der Waals surface area contributed by atoms with Crippen molar-refractivity contribution in [3.8, 4) is 16.8 Å². The molecular weight excluding hydrogens is 380 g/mol. The van der Waals surface area contributed by atoms with Gasteiger partial charge in [0.15, 0.2) is 5.65 Å². The summed E-state index contributed by atoms with van der Waals surface area (Å²) in [4.78, 5) is 28.9. The third kappa shape index (κ3) is 3.00. The molecule has 0 spiro atoms. The van der Waals surface area contributed by atoms with E-state index < -0.39 is 5.97 Å². The summed E-state index contributed by atoms with van der Waals surface area (Å²) in [5.74, 6) is -0.946. The quantitative estimate of drug-likeness (QED) is 0.550. The van der Waals surface area contributed by atoms with Crippen molar-refractivity contribution < 1.29 is 9.90 Å². The first kappa shape index (κ1) is 18.3. The maximum absolute atomic E-state index is 13.3. The van der Waals surface area contributed by atoms with E-state index in [-0.39, 0.29) is 17.3 Å². The third-order valence-electron chi connectivity index (χ3n) is 5.62. The van der Waals surface area contributed by atoms with Crippen LogP contribution < -0.4 is 11.0 Å². The average molecular weight is 400 g/mol. The van der Waals surface area contributed by atoms with Crippen molar-refractivity contribution in [1.82, 2.24) is 19.4 Å². The van der Waals surface area contributed by atoms with Crippen molar-refractivity contribution >= 4 is 17.1 Å². The fourth-order valence-electron chi connectivity index (χ4n) is 4.10. The summed E-state index contributed by atoms with van der Waals surface area (Å²) in [7, 11) is 0. The highest BCUT2D eigenvalue weighted by molar-refractivity contribution is 5.88. The van der Waals surface area contributed by atoms with E-state index in [1.165, 1.54) is 0 Å². The number of nitrogens with one attached hydrogen (secondary N) is 1. The van der Waals surface area contributed by atoms with Gasteiger partial charge < -0.3 is 10.4 Å². The minimum Gasteiger partial charge on any atom is -0.478 e. The SMILES string of the molecule is O=C(O)c1ccc(-c2ccc(-n3c(=O)n(C4CCNC4)c4ncccc43)cc2)cc1. The molecule has 1 aliphatic rings. The lowest BCUT2D eigenvalue weighted by molar-refractivity contribution is 0.0697. The third-order valence-corrected chi connectivity index (χ3v) is 5.62. The second-order valence-corrected chi connectivity index (χ2v) is 7.41. The summed E-state index contributed by atoms with van der Waals surface area (Å²) < 4.78 is 3.51. The highest BCUT2D eigenvalue weighted by Gasteiger charge is 2.24. The second kappa shape index (κ2) is 7.27. The predicted octanol–water partition coefficient (Wildman–Crippen LogP) is 3.09. The Hall–Kier alpha value is -3.71. The number of fused-ring (bicyclic) bond motifs is 1. The van der Waals surface area contributed by atoms with Gasteiger partial charge in [0.2, 0.25) is 0 Å². The molecule has 0 bridgehead atoms. The lowest BCUT2D eigenvalue weighted by Gasteiger charge is -2.09. The van der Waals surface area contributed by atoms with Gasteiger partial charge in [-0.2, -0.15) is 0 Å². The molecule has 7 nitrogen and oxygen atoms in total. The summed E-state index contributed by atoms with van der Waals surface area (Å²) in [6.45, 7) is 1.66. The number of aromatic nitrogens is 3. The largest absolute Gasteiger partial charge is 0.478 e. The molecule has 5 rings (SSSR count). The number of carbonyl (C=O) groups is 1. The first-order valence-corrected chi connectivity index (χ1v) is 9.86. The number of benzene rings is 2. The van der Waals surface area contributed by atoms with Gasteiger partial charge in [0, 0.05) is 12.7 Å². The van der Waals surface area contributed by atoms with Gasteiger partial charge in [0.05, 0.1) is 22.8 Å². The van der Waals surface area contributed by atoms with Crippen LogP contribution in [-0.4, -0.2) is 38.3 Å². The van der Waals surface area contributed by atoms with Gasteiger partial charge >= 0.3 is 11.7 Å². The lowest BCUT2D eigenvalue weighted by Crippen LogP contribution is -2.28. The molecule has 150 valence electrons. The van der Waals surface area contributed by atoms with E-state index in [0.29, 0.717) is 5.65 Å². The van der Waals surface area contributed by atoms with E-state index in [4.69, 9.17) is 5.11 Å². The summed E-state index contributed by atoms with van der Waals surface area (Å²) in [5, 5.41) is 12.4. The molecule has 2 N–H and O–H groups in total. The van der Waals surface area contributed by atoms with E-state index >= 15 is 0 Å². The number of nitrogens with zero attached hydrogens (tertiary/aromatic N) is 3. The molecule has 7 heteroatoms. The summed E-state index contributed by atoms with van der Waals surface area (Å²) in [6, 6.07) is 18.3. The fourth-order valence-corrected chi connectivity index (χ4v) is 4.10. The standard InChI is InChI=1S/C23H20N4O3/c28-22(29)17-5-3-15(4-6-17)16-7-9-18(10-8-16)26-20-2-1-12-25-21(20)27(23(26)30)19-11-13-24-14-19/h1-10,12,19,24H,11,13-14H2,(H,28,29). The topological polar surface area (TPSA) is 89.1 Å². The van der Waals surface area contributed by atoms with Gasteiger partial charge in [-0.3, -0.25) is 9.13 Å². The Balaban J connectivity index is 1.57. The van der Waals surface area contributed by atoms with Gasteiger partial charge in [-0.25, -0.2) is 14.6 Å². The monoisotopic (exact) mass is 400 g/mol. The van der Waals surface area contributed by atoms with Crippen molar-refractivity contribution in [2.75, 3.05) is 13.1 Å². The normalized spacial score (nSPS) is 16.2. The van der Waals surface area contributed by atoms with Crippen LogP contribution in [0.3, 0.4) is 0 Å². The Morgan fingerprint density at radius 3 is 2.37 bits per heavy atom. The summed E-state index contributed by atoms with van der Waals surface area (Å²) >= 11 is 0. The van der Waals surface area contributed by atoms with Crippen molar-refractivity contribution in [3.63, 3.8) is 0 Å². The predicted molar refractivity (Wildman–Crippen MR) is 114 cm³/mol. The number of hydrogen-bond acceptors (Lipinski definition) is 4. The van der Waals surface area contributed by atoms with Crippen LogP contribution in [0.15, 0.2) is 71.7 Å². The minimum absolute atomic E-state index is 0.0871. The van der Waals surface area contributed by atoms with Crippen molar-refractivity contribution in [2.45, 2.75) is 12.5 Å². The molecule has 1 aliphatic heterocycles. The van der Waals surface area contributed by atoms with E-state index in [0.717, 1.165) is 41.8 Å². The molecule has 3 heterocycles. The van der Waals surface area contributed by atoms with Gasteiger partial charge in [0.25, 0.3) is 0 Å². The maximum atomic E-state index is 13.3. The van der Waals surface area contributed by atoms with Crippen LogP contribution in [0.4, 0.5) is 0 Å². The zero-order valence-electron chi connectivity index (χ0n) is 16.2. The minimum atomic E-state index is -0.946. The molecule has 4 aromatic rings. The second-order valence-electron chi connectivity index (χ2n) is 7.41. The zero-order chi connectivity index (χ0) is 20.7. The van der Waals surface area contributed by atoms with Gasteiger partial charge in [0.1, 0.15) is 0 Å². The molecule has 30 heavy (non-hydrogen) atoms. The van der Waals surface area contributed by atoms with Crippen LogP contribution in [-0.2, 0) is 0 Å². The van der Waals surface area contributed by atoms with Crippen molar-refractivity contribution in [2.24, 2.45) is 0 Å². The fraction of sp³-hybridized carbons (Fsp3) is 0.174. The van der Waals surface area contributed by atoms with E-state index in [9.17, 15) is 9.59 Å². The van der Waals surface area contributed by atoms with Gasteiger partial charge in [-0.05, 0) is 60.5 Å². The van der Waals surface area contributed by atoms with Crippen LogP contribution in [0.5, 0.6) is 0 Å².